The molecule has 0 saturated heterocycles. The number of aryl methyl sites for hydroxylation is 3. The Morgan fingerprint density at radius 1 is 0.850 bits per heavy atom. The first-order valence-electron chi connectivity index (χ1n) is 13.5. The number of sulfonamides is 1. The Bertz CT molecular complexity index is 1380. The Morgan fingerprint density at radius 3 is 2.12 bits per heavy atom. The van der Waals surface area contributed by atoms with Crippen molar-refractivity contribution in [1.82, 2.24) is 0 Å². The van der Waals surface area contributed by atoms with E-state index in [0.29, 0.717) is 30.0 Å². The van der Waals surface area contributed by atoms with E-state index in [-0.39, 0.29) is 22.5 Å². The number of hydrogen-bond acceptors (Lipinski definition) is 6. The number of carbonyl (C=O) groups excluding carboxylic acids is 2. The largest absolute Gasteiger partial charge is 0.469 e. The Kier molecular flexibility index (Phi) is 10.5. The molecule has 1 unspecified atom stereocenters. The predicted molar refractivity (Wildman–Crippen MR) is 157 cm³/mol. The quantitative estimate of drug-likeness (QED) is 0.236. The van der Waals surface area contributed by atoms with E-state index >= 15 is 0 Å². The smallest absolute Gasteiger partial charge is 0.429 e. The lowest BCUT2D eigenvalue weighted by Crippen LogP contribution is -2.41. The van der Waals surface area contributed by atoms with Gasteiger partial charge in [-0.1, -0.05) is 60.2 Å². The molecule has 0 heterocycles. The van der Waals surface area contributed by atoms with Gasteiger partial charge in [0.25, 0.3) is 10.0 Å². The number of rotatable bonds is 11. The third-order valence-electron chi connectivity index (χ3n) is 6.44. The summed E-state index contributed by atoms with van der Waals surface area (Å²) < 4.78 is 38.8. The van der Waals surface area contributed by atoms with Gasteiger partial charge in [-0.05, 0) is 95.2 Å². The first-order valence-corrected chi connectivity index (χ1v) is 14.9. The highest BCUT2D eigenvalue weighted by atomic mass is 32.2. The van der Waals surface area contributed by atoms with Crippen LogP contribution in [0.1, 0.15) is 56.7 Å². The van der Waals surface area contributed by atoms with Crippen molar-refractivity contribution in [3.63, 3.8) is 0 Å². The van der Waals surface area contributed by atoms with Gasteiger partial charge in [-0.25, -0.2) is 13.2 Å². The molecule has 0 bridgehead atoms. The molecule has 1 amide bonds. The van der Waals surface area contributed by atoms with Crippen LogP contribution >= 0.6 is 0 Å². The second-order valence-corrected chi connectivity index (χ2v) is 12.7. The average molecular weight is 566 g/mol. The number of nitrogens with zero attached hydrogens (tertiary/aromatic N) is 1. The lowest BCUT2D eigenvalue weighted by Gasteiger charge is -2.27. The maximum atomic E-state index is 13.8. The van der Waals surface area contributed by atoms with Gasteiger partial charge in [-0.3, -0.25) is 4.79 Å². The van der Waals surface area contributed by atoms with Crippen molar-refractivity contribution >= 4 is 27.8 Å². The second kappa shape index (κ2) is 13.6. The summed E-state index contributed by atoms with van der Waals surface area (Å²) in [7, 11) is -2.87. The van der Waals surface area contributed by atoms with E-state index in [4.69, 9.17) is 9.47 Å². The minimum absolute atomic E-state index is 0.00923. The summed E-state index contributed by atoms with van der Waals surface area (Å²) in [5.74, 6) is -0.486. The van der Waals surface area contributed by atoms with E-state index in [1.807, 2.05) is 43.3 Å². The zero-order valence-electron chi connectivity index (χ0n) is 23.9. The molecule has 0 aliphatic heterocycles. The SMILES string of the molecule is COC(=O)C(CCCc1cccc(S(=O)(=O)N(C(=O)OC(C)(C)C)c2ccc(C)cc2)c1)CCc1ccccc1. The molecule has 0 radical (unpaired) electrons. The molecule has 3 aromatic carbocycles. The molecule has 0 fully saturated rings. The van der Waals surface area contributed by atoms with Crippen molar-refractivity contribution in [3.05, 3.63) is 95.6 Å². The van der Waals surface area contributed by atoms with E-state index in [0.717, 1.165) is 23.1 Å². The molecule has 0 saturated carbocycles. The van der Waals surface area contributed by atoms with Crippen LogP contribution in [0.25, 0.3) is 0 Å². The van der Waals surface area contributed by atoms with E-state index in [1.165, 1.54) is 13.2 Å². The number of amides is 1. The van der Waals surface area contributed by atoms with Crippen LogP contribution in [0.3, 0.4) is 0 Å². The molecule has 0 aliphatic rings. The number of methoxy groups -OCH3 is 1. The monoisotopic (exact) mass is 565 g/mol. The van der Waals surface area contributed by atoms with Crippen LogP contribution in [0.2, 0.25) is 0 Å². The number of carbonyl (C=O) groups is 2. The number of benzene rings is 3. The predicted octanol–water partition coefficient (Wildman–Crippen LogP) is 6.87. The molecular weight excluding hydrogens is 526 g/mol. The van der Waals surface area contributed by atoms with Gasteiger partial charge < -0.3 is 9.47 Å². The highest BCUT2D eigenvalue weighted by Gasteiger charge is 2.34. The van der Waals surface area contributed by atoms with Crippen molar-refractivity contribution in [3.8, 4) is 0 Å². The first-order chi connectivity index (χ1) is 18.9. The van der Waals surface area contributed by atoms with Gasteiger partial charge in [0.15, 0.2) is 0 Å². The number of ether oxygens (including phenoxy) is 2. The van der Waals surface area contributed by atoms with Crippen molar-refractivity contribution in [2.45, 2.75) is 70.3 Å². The van der Waals surface area contributed by atoms with Crippen LogP contribution in [-0.4, -0.2) is 33.2 Å². The highest BCUT2D eigenvalue weighted by Crippen LogP contribution is 2.28. The number of hydrogen-bond donors (Lipinski definition) is 0. The summed E-state index contributed by atoms with van der Waals surface area (Å²) in [4.78, 5) is 25.5. The van der Waals surface area contributed by atoms with Crippen molar-refractivity contribution in [2.75, 3.05) is 11.4 Å². The fourth-order valence-electron chi connectivity index (χ4n) is 4.38. The normalized spacial score (nSPS) is 12.4. The Morgan fingerprint density at radius 2 is 1.50 bits per heavy atom. The summed E-state index contributed by atoms with van der Waals surface area (Å²) in [6, 6.07) is 23.2. The van der Waals surface area contributed by atoms with E-state index in [1.54, 1.807) is 57.2 Å². The van der Waals surface area contributed by atoms with Crippen LogP contribution in [0.15, 0.2) is 83.8 Å². The van der Waals surface area contributed by atoms with Crippen LogP contribution in [-0.2, 0) is 37.1 Å². The van der Waals surface area contributed by atoms with Gasteiger partial charge >= 0.3 is 12.1 Å². The molecule has 0 aromatic heterocycles. The van der Waals surface area contributed by atoms with E-state index < -0.39 is 21.7 Å². The fourth-order valence-corrected chi connectivity index (χ4v) is 5.77. The van der Waals surface area contributed by atoms with Gasteiger partial charge in [0.2, 0.25) is 0 Å². The maximum Gasteiger partial charge on any atom is 0.429 e. The molecule has 1 atom stereocenters. The van der Waals surface area contributed by atoms with Crippen molar-refractivity contribution < 1.29 is 27.5 Å². The Balaban J connectivity index is 1.77. The summed E-state index contributed by atoms with van der Waals surface area (Å²) >= 11 is 0. The molecule has 214 valence electrons. The molecule has 40 heavy (non-hydrogen) atoms. The number of anilines is 1. The summed E-state index contributed by atoms with van der Waals surface area (Å²) in [5, 5.41) is 0. The van der Waals surface area contributed by atoms with Gasteiger partial charge in [-0.15, -0.1) is 0 Å². The van der Waals surface area contributed by atoms with Gasteiger partial charge in [0, 0.05) is 0 Å². The fraction of sp³-hybridized carbons (Fsp3) is 0.375. The lowest BCUT2D eigenvalue weighted by atomic mass is 9.93. The third-order valence-corrected chi connectivity index (χ3v) is 8.13. The van der Waals surface area contributed by atoms with Crippen LogP contribution in [0.5, 0.6) is 0 Å². The van der Waals surface area contributed by atoms with E-state index in [2.05, 4.69) is 0 Å². The zero-order valence-corrected chi connectivity index (χ0v) is 24.7. The second-order valence-electron chi connectivity index (χ2n) is 10.9. The van der Waals surface area contributed by atoms with Crippen LogP contribution < -0.4 is 4.31 Å². The van der Waals surface area contributed by atoms with Crippen LogP contribution in [0, 0.1) is 12.8 Å². The minimum Gasteiger partial charge on any atom is -0.469 e. The molecule has 7 nitrogen and oxygen atoms in total. The first kappa shape index (κ1) is 30.9. The highest BCUT2D eigenvalue weighted by molar-refractivity contribution is 7.93. The molecule has 0 N–H and O–H groups in total. The molecular formula is C32H39NO6S. The summed E-state index contributed by atoms with van der Waals surface area (Å²) in [5.41, 5.74) is 2.21. The summed E-state index contributed by atoms with van der Waals surface area (Å²) in [6.07, 6.45) is 2.33. The third kappa shape index (κ3) is 8.68. The standard InChI is InChI=1S/C32H39NO6S/c1-24-17-21-28(22-18-24)33(31(35)39-32(2,3)4)40(36,37)29-16-10-14-26(23-29)13-9-15-27(30(34)38-5)20-19-25-11-7-6-8-12-25/h6-8,10-12,14,16-18,21-23,27H,9,13,15,19-20H2,1-5H3. The summed E-state index contributed by atoms with van der Waals surface area (Å²) in [6.45, 7) is 6.94. The van der Waals surface area contributed by atoms with Gasteiger partial charge in [-0.2, -0.15) is 4.31 Å². The van der Waals surface area contributed by atoms with E-state index in [9.17, 15) is 18.0 Å². The zero-order chi connectivity index (χ0) is 29.3. The lowest BCUT2D eigenvalue weighted by molar-refractivity contribution is -0.145. The van der Waals surface area contributed by atoms with Crippen molar-refractivity contribution in [1.29, 1.82) is 0 Å². The van der Waals surface area contributed by atoms with Crippen molar-refractivity contribution in [2.24, 2.45) is 5.92 Å². The topological polar surface area (TPSA) is 90.0 Å². The molecule has 3 aromatic rings. The molecule has 0 spiro atoms. The van der Waals surface area contributed by atoms with Gasteiger partial charge in [0.1, 0.15) is 5.60 Å². The Hall–Kier alpha value is -3.65. The molecule has 8 heteroatoms. The molecule has 3 rings (SSSR count). The van der Waals surface area contributed by atoms with Crippen LogP contribution in [0.4, 0.5) is 10.5 Å². The number of esters is 1. The maximum absolute atomic E-state index is 13.8. The van der Waals surface area contributed by atoms with Gasteiger partial charge in [0.05, 0.1) is 23.6 Å². The molecule has 0 aliphatic carbocycles. The average Bonchev–Trinajstić information content (AvgIpc) is 2.91. The Labute approximate surface area is 238 Å². The minimum atomic E-state index is -4.27.